The SMILES string of the molecule is CC(C)(C(=O)Nc1ccccc1C#N)C(=O)N1CCCCC1. The van der Waals surface area contributed by atoms with Gasteiger partial charge in [0, 0.05) is 13.1 Å². The molecular formula is C17H21N3O2. The van der Waals surface area contributed by atoms with Crippen molar-refractivity contribution in [2.75, 3.05) is 18.4 Å². The number of nitrogens with one attached hydrogen (secondary N) is 1. The molecule has 1 heterocycles. The standard InChI is InChI=1S/C17H21N3O2/c1-17(2,16(22)20-10-6-3-7-11-20)15(21)19-14-9-5-4-8-13(14)12-18/h4-5,8-9H,3,6-7,10-11H2,1-2H3,(H,19,21). The third kappa shape index (κ3) is 3.28. The van der Waals surface area contributed by atoms with Crippen molar-refractivity contribution in [3.8, 4) is 6.07 Å². The first-order valence-corrected chi connectivity index (χ1v) is 7.57. The first-order chi connectivity index (χ1) is 10.5. The summed E-state index contributed by atoms with van der Waals surface area (Å²) in [6, 6.07) is 8.81. The molecule has 0 saturated carbocycles. The number of hydrogen-bond acceptors (Lipinski definition) is 3. The molecule has 1 aromatic rings. The van der Waals surface area contributed by atoms with E-state index in [-0.39, 0.29) is 11.8 Å². The average molecular weight is 299 g/mol. The number of anilines is 1. The summed E-state index contributed by atoms with van der Waals surface area (Å²) in [6.45, 7) is 4.69. The van der Waals surface area contributed by atoms with Crippen LogP contribution in [0.5, 0.6) is 0 Å². The van der Waals surface area contributed by atoms with Gasteiger partial charge in [0.1, 0.15) is 11.5 Å². The zero-order valence-corrected chi connectivity index (χ0v) is 13.1. The molecule has 0 aliphatic carbocycles. The maximum atomic E-state index is 12.6. The van der Waals surface area contributed by atoms with E-state index >= 15 is 0 Å². The van der Waals surface area contributed by atoms with Gasteiger partial charge in [0.2, 0.25) is 11.8 Å². The number of amides is 2. The molecule has 22 heavy (non-hydrogen) atoms. The fourth-order valence-electron chi connectivity index (χ4n) is 2.56. The second-order valence-corrected chi connectivity index (χ2v) is 6.09. The topological polar surface area (TPSA) is 73.2 Å². The van der Waals surface area contributed by atoms with Gasteiger partial charge in [0.15, 0.2) is 0 Å². The lowest BCUT2D eigenvalue weighted by Gasteiger charge is -2.33. The normalized spacial score (nSPS) is 15.0. The Hall–Kier alpha value is -2.35. The van der Waals surface area contributed by atoms with Crippen LogP contribution in [0, 0.1) is 16.7 Å². The molecule has 1 fully saturated rings. The lowest BCUT2D eigenvalue weighted by atomic mass is 9.89. The van der Waals surface area contributed by atoms with Crippen molar-refractivity contribution >= 4 is 17.5 Å². The fourth-order valence-corrected chi connectivity index (χ4v) is 2.56. The van der Waals surface area contributed by atoms with Crippen LogP contribution in [-0.2, 0) is 9.59 Å². The zero-order valence-electron chi connectivity index (χ0n) is 13.1. The molecular weight excluding hydrogens is 278 g/mol. The summed E-state index contributed by atoms with van der Waals surface area (Å²) >= 11 is 0. The summed E-state index contributed by atoms with van der Waals surface area (Å²) in [7, 11) is 0. The molecule has 1 aliphatic heterocycles. The molecule has 0 bridgehead atoms. The highest BCUT2D eigenvalue weighted by molar-refractivity contribution is 6.10. The van der Waals surface area contributed by atoms with Crippen molar-refractivity contribution in [1.82, 2.24) is 4.90 Å². The molecule has 2 rings (SSSR count). The second-order valence-electron chi connectivity index (χ2n) is 6.09. The van der Waals surface area contributed by atoms with Crippen molar-refractivity contribution < 1.29 is 9.59 Å². The van der Waals surface area contributed by atoms with Gasteiger partial charge in [-0.25, -0.2) is 0 Å². The minimum atomic E-state index is -1.15. The molecule has 1 N–H and O–H groups in total. The molecule has 5 heteroatoms. The van der Waals surface area contributed by atoms with Gasteiger partial charge in [0.05, 0.1) is 11.3 Å². The highest BCUT2D eigenvalue weighted by Gasteiger charge is 2.39. The second kappa shape index (κ2) is 6.61. The van der Waals surface area contributed by atoms with E-state index in [2.05, 4.69) is 5.32 Å². The molecule has 0 unspecified atom stereocenters. The van der Waals surface area contributed by atoms with E-state index < -0.39 is 5.41 Å². The van der Waals surface area contributed by atoms with Gasteiger partial charge >= 0.3 is 0 Å². The number of benzene rings is 1. The van der Waals surface area contributed by atoms with E-state index in [4.69, 9.17) is 5.26 Å². The largest absolute Gasteiger partial charge is 0.342 e. The van der Waals surface area contributed by atoms with Crippen molar-refractivity contribution in [2.24, 2.45) is 5.41 Å². The first-order valence-electron chi connectivity index (χ1n) is 7.57. The summed E-state index contributed by atoms with van der Waals surface area (Å²) in [6.07, 6.45) is 3.10. The Bertz CT molecular complexity index is 611. The monoisotopic (exact) mass is 299 g/mol. The van der Waals surface area contributed by atoms with Crippen molar-refractivity contribution in [3.05, 3.63) is 29.8 Å². The number of carbonyl (C=O) groups is 2. The number of nitriles is 1. The van der Waals surface area contributed by atoms with Crippen molar-refractivity contribution in [1.29, 1.82) is 5.26 Å². The molecule has 1 aromatic carbocycles. The van der Waals surface area contributed by atoms with Crippen LogP contribution in [-0.4, -0.2) is 29.8 Å². The van der Waals surface area contributed by atoms with E-state index in [1.165, 1.54) is 0 Å². The Kier molecular flexibility index (Phi) is 4.81. The summed E-state index contributed by atoms with van der Waals surface area (Å²) in [5, 5.41) is 11.8. The quantitative estimate of drug-likeness (QED) is 0.872. The number of nitrogens with zero attached hydrogens (tertiary/aromatic N) is 2. The predicted octanol–water partition coefficient (Wildman–Crippen LogP) is 2.54. The van der Waals surface area contributed by atoms with Gasteiger partial charge in [-0.3, -0.25) is 9.59 Å². The fraction of sp³-hybridized carbons (Fsp3) is 0.471. The molecule has 0 spiro atoms. The highest BCUT2D eigenvalue weighted by Crippen LogP contribution is 2.25. The number of carbonyl (C=O) groups excluding carboxylic acids is 2. The van der Waals surface area contributed by atoms with Crippen molar-refractivity contribution in [3.63, 3.8) is 0 Å². The number of piperidine rings is 1. The third-order valence-electron chi connectivity index (χ3n) is 4.04. The van der Waals surface area contributed by atoms with Crippen LogP contribution in [0.1, 0.15) is 38.7 Å². The zero-order chi connectivity index (χ0) is 16.2. The summed E-state index contributed by atoms with van der Waals surface area (Å²) in [5.74, 6) is -0.537. The van der Waals surface area contributed by atoms with Crippen LogP contribution in [0.2, 0.25) is 0 Å². The lowest BCUT2D eigenvalue weighted by Crippen LogP contribution is -2.49. The number of hydrogen-bond donors (Lipinski definition) is 1. The molecule has 2 amide bonds. The highest BCUT2D eigenvalue weighted by atomic mass is 16.2. The first kappa shape index (κ1) is 16.0. The Balaban J connectivity index is 2.13. The summed E-state index contributed by atoms with van der Waals surface area (Å²) in [5.41, 5.74) is -0.327. The van der Waals surface area contributed by atoms with E-state index in [0.29, 0.717) is 24.3 Å². The molecule has 0 aromatic heterocycles. The predicted molar refractivity (Wildman–Crippen MR) is 84.0 cm³/mol. The average Bonchev–Trinajstić information content (AvgIpc) is 2.55. The number of para-hydroxylation sites is 1. The van der Waals surface area contributed by atoms with Crippen LogP contribution in [0.15, 0.2) is 24.3 Å². The van der Waals surface area contributed by atoms with Gasteiger partial charge in [-0.2, -0.15) is 5.26 Å². The van der Waals surface area contributed by atoms with Crippen LogP contribution < -0.4 is 5.32 Å². The number of rotatable bonds is 3. The van der Waals surface area contributed by atoms with Gasteiger partial charge in [-0.15, -0.1) is 0 Å². The molecule has 116 valence electrons. The van der Waals surface area contributed by atoms with E-state index in [0.717, 1.165) is 19.3 Å². The van der Waals surface area contributed by atoms with Crippen LogP contribution in [0.25, 0.3) is 0 Å². The molecule has 0 radical (unpaired) electrons. The lowest BCUT2D eigenvalue weighted by molar-refractivity contribution is -0.147. The van der Waals surface area contributed by atoms with Crippen molar-refractivity contribution in [2.45, 2.75) is 33.1 Å². The van der Waals surface area contributed by atoms with E-state index in [1.54, 1.807) is 43.0 Å². The molecule has 0 atom stereocenters. The minimum Gasteiger partial charge on any atom is -0.342 e. The summed E-state index contributed by atoms with van der Waals surface area (Å²) in [4.78, 5) is 26.9. The van der Waals surface area contributed by atoms with Gasteiger partial charge < -0.3 is 10.2 Å². The molecule has 1 saturated heterocycles. The Morgan fingerprint density at radius 3 is 2.45 bits per heavy atom. The number of likely N-dealkylation sites (tertiary alicyclic amines) is 1. The van der Waals surface area contributed by atoms with Gasteiger partial charge in [-0.1, -0.05) is 12.1 Å². The minimum absolute atomic E-state index is 0.154. The maximum Gasteiger partial charge on any atom is 0.239 e. The van der Waals surface area contributed by atoms with Crippen LogP contribution in [0.3, 0.4) is 0 Å². The Labute approximate surface area is 130 Å². The molecule has 5 nitrogen and oxygen atoms in total. The van der Waals surface area contributed by atoms with Gasteiger partial charge in [-0.05, 0) is 45.2 Å². The third-order valence-corrected chi connectivity index (χ3v) is 4.04. The maximum absolute atomic E-state index is 12.6. The Morgan fingerprint density at radius 1 is 1.18 bits per heavy atom. The molecule has 1 aliphatic rings. The van der Waals surface area contributed by atoms with Crippen LogP contribution >= 0.6 is 0 Å². The van der Waals surface area contributed by atoms with Gasteiger partial charge in [0.25, 0.3) is 0 Å². The van der Waals surface area contributed by atoms with Crippen LogP contribution in [0.4, 0.5) is 5.69 Å². The van der Waals surface area contributed by atoms with E-state index in [9.17, 15) is 9.59 Å². The summed E-state index contributed by atoms with van der Waals surface area (Å²) < 4.78 is 0. The Morgan fingerprint density at radius 2 is 1.82 bits per heavy atom. The smallest absolute Gasteiger partial charge is 0.239 e. The van der Waals surface area contributed by atoms with E-state index in [1.807, 2.05) is 6.07 Å².